The van der Waals surface area contributed by atoms with E-state index in [1.54, 1.807) is 36.5 Å². The van der Waals surface area contributed by atoms with E-state index in [1.165, 1.54) is 16.8 Å². The first-order chi connectivity index (χ1) is 13.1. The van der Waals surface area contributed by atoms with Crippen LogP contribution in [0.25, 0.3) is 22.3 Å². The summed E-state index contributed by atoms with van der Waals surface area (Å²) in [5.74, 6) is -0.106. The zero-order chi connectivity index (χ0) is 18.8. The highest BCUT2D eigenvalue weighted by atomic mass is 19.1. The summed E-state index contributed by atoms with van der Waals surface area (Å²) in [7, 11) is 0. The smallest absolute Gasteiger partial charge is 0.267 e. The summed E-state index contributed by atoms with van der Waals surface area (Å²) in [5, 5.41) is 4.81. The molecule has 0 bridgehead atoms. The molecule has 1 heterocycles. The SMILES string of the molecule is Cc1ccc(C=Nn2c(-c3cccc(F)c3)nc3ccccc3c2=O)cc1. The average Bonchev–Trinajstić information content (AvgIpc) is 2.68. The molecule has 0 spiro atoms. The zero-order valence-corrected chi connectivity index (χ0v) is 14.6. The summed E-state index contributed by atoms with van der Waals surface area (Å²) in [6, 6.07) is 20.8. The van der Waals surface area contributed by atoms with Crippen LogP contribution in [0.3, 0.4) is 0 Å². The molecule has 1 aromatic heterocycles. The van der Waals surface area contributed by atoms with Crippen LogP contribution in [0.4, 0.5) is 4.39 Å². The lowest BCUT2D eigenvalue weighted by Crippen LogP contribution is -2.20. The minimum absolute atomic E-state index is 0.293. The van der Waals surface area contributed by atoms with Gasteiger partial charge in [0.1, 0.15) is 5.82 Å². The minimum atomic E-state index is -0.399. The Morgan fingerprint density at radius 1 is 1.00 bits per heavy atom. The van der Waals surface area contributed by atoms with E-state index in [1.807, 2.05) is 37.3 Å². The van der Waals surface area contributed by atoms with Gasteiger partial charge in [-0.2, -0.15) is 9.78 Å². The van der Waals surface area contributed by atoms with Crippen molar-refractivity contribution in [3.8, 4) is 11.4 Å². The molecule has 5 heteroatoms. The molecule has 0 atom stereocenters. The van der Waals surface area contributed by atoms with Gasteiger partial charge < -0.3 is 0 Å². The predicted molar refractivity (Wildman–Crippen MR) is 106 cm³/mol. The fraction of sp³-hybridized carbons (Fsp3) is 0.0455. The molecule has 0 fully saturated rings. The third kappa shape index (κ3) is 3.40. The maximum atomic E-state index is 13.7. The van der Waals surface area contributed by atoms with Crippen LogP contribution in [-0.2, 0) is 0 Å². The second-order valence-corrected chi connectivity index (χ2v) is 6.24. The van der Waals surface area contributed by atoms with Crippen molar-refractivity contribution in [2.75, 3.05) is 0 Å². The first-order valence-electron chi connectivity index (χ1n) is 8.50. The standard InChI is InChI=1S/C22H16FN3O/c1-15-9-11-16(12-10-15)14-24-26-21(17-5-4-6-18(23)13-17)25-20-8-3-2-7-19(20)22(26)27/h2-14H,1H3. The summed E-state index contributed by atoms with van der Waals surface area (Å²) in [5.41, 5.74) is 2.72. The van der Waals surface area contributed by atoms with Crippen molar-refractivity contribution in [2.45, 2.75) is 6.92 Å². The van der Waals surface area contributed by atoms with Crippen LogP contribution in [-0.4, -0.2) is 15.9 Å². The van der Waals surface area contributed by atoms with Crippen molar-refractivity contribution in [2.24, 2.45) is 5.10 Å². The molecule has 4 rings (SSSR count). The summed E-state index contributed by atoms with van der Waals surface area (Å²) in [6.45, 7) is 2.00. The van der Waals surface area contributed by atoms with Gasteiger partial charge in [0.25, 0.3) is 5.56 Å². The van der Waals surface area contributed by atoms with Crippen molar-refractivity contribution >= 4 is 17.1 Å². The number of para-hydroxylation sites is 1. The van der Waals surface area contributed by atoms with Gasteiger partial charge in [-0.05, 0) is 36.8 Å². The first kappa shape index (κ1) is 16.8. The normalized spacial score (nSPS) is 11.3. The lowest BCUT2D eigenvalue weighted by atomic mass is 10.2. The lowest BCUT2D eigenvalue weighted by Gasteiger charge is -2.09. The Hall–Kier alpha value is -3.60. The molecule has 27 heavy (non-hydrogen) atoms. The Morgan fingerprint density at radius 2 is 1.78 bits per heavy atom. The van der Waals surface area contributed by atoms with Gasteiger partial charge in [-0.1, -0.05) is 54.1 Å². The summed E-state index contributed by atoms with van der Waals surface area (Å²) in [6.07, 6.45) is 1.60. The van der Waals surface area contributed by atoms with Gasteiger partial charge in [0.2, 0.25) is 0 Å². The topological polar surface area (TPSA) is 47.2 Å². The van der Waals surface area contributed by atoms with Crippen molar-refractivity contribution < 1.29 is 4.39 Å². The van der Waals surface area contributed by atoms with Crippen LogP contribution < -0.4 is 5.56 Å². The number of hydrogen-bond donors (Lipinski definition) is 0. The largest absolute Gasteiger partial charge is 0.282 e. The van der Waals surface area contributed by atoms with Crippen LogP contribution in [0.1, 0.15) is 11.1 Å². The van der Waals surface area contributed by atoms with E-state index in [0.717, 1.165) is 11.1 Å². The number of hydrogen-bond acceptors (Lipinski definition) is 3. The zero-order valence-electron chi connectivity index (χ0n) is 14.6. The third-order valence-electron chi connectivity index (χ3n) is 4.24. The van der Waals surface area contributed by atoms with Gasteiger partial charge in [-0.25, -0.2) is 9.37 Å². The van der Waals surface area contributed by atoms with Crippen LogP contribution in [0.5, 0.6) is 0 Å². The van der Waals surface area contributed by atoms with Crippen molar-refractivity contribution in [3.63, 3.8) is 0 Å². The molecule has 0 amide bonds. The third-order valence-corrected chi connectivity index (χ3v) is 4.24. The highest BCUT2D eigenvalue weighted by Crippen LogP contribution is 2.19. The van der Waals surface area contributed by atoms with E-state index in [-0.39, 0.29) is 5.56 Å². The Bertz CT molecular complexity index is 1210. The summed E-state index contributed by atoms with van der Waals surface area (Å²) < 4.78 is 15.0. The Morgan fingerprint density at radius 3 is 2.56 bits per heavy atom. The number of benzene rings is 3. The Kier molecular flexibility index (Phi) is 4.34. The Labute approximate surface area is 155 Å². The van der Waals surface area contributed by atoms with E-state index in [0.29, 0.717) is 22.3 Å². The number of nitrogens with zero attached hydrogens (tertiary/aromatic N) is 3. The number of rotatable bonds is 3. The highest BCUT2D eigenvalue weighted by Gasteiger charge is 2.12. The quantitative estimate of drug-likeness (QED) is 0.511. The Balaban J connectivity index is 1.94. The second-order valence-electron chi connectivity index (χ2n) is 6.24. The molecule has 3 aromatic carbocycles. The van der Waals surface area contributed by atoms with Crippen LogP contribution in [0.2, 0.25) is 0 Å². The van der Waals surface area contributed by atoms with Gasteiger partial charge in [-0.15, -0.1) is 0 Å². The molecule has 0 saturated heterocycles. The van der Waals surface area contributed by atoms with Gasteiger partial charge >= 0.3 is 0 Å². The van der Waals surface area contributed by atoms with E-state index in [9.17, 15) is 9.18 Å². The number of aromatic nitrogens is 2. The molecular weight excluding hydrogens is 341 g/mol. The molecule has 0 aliphatic heterocycles. The predicted octanol–water partition coefficient (Wildman–Crippen LogP) is 4.39. The molecule has 0 radical (unpaired) electrons. The minimum Gasteiger partial charge on any atom is -0.267 e. The van der Waals surface area contributed by atoms with Gasteiger partial charge in [0.05, 0.1) is 17.1 Å². The van der Waals surface area contributed by atoms with Crippen LogP contribution >= 0.6 is 0 Å². The maximum absolute atomic E-state index is 13.7. The van der Waals surface area contributed by atoms with E-state index in [4.69, 9.17) is 0 Å². The van der Waals surface area contributed by atoms with E-state index < -0.39 is 5.82 Å². The molecular formula is C22H16FN3O. The maximum Gasteiger partial charge on any atom is 0.282 e. The monoisotopic (exact) mass is 357 g/mol. The average molecular weight is 357 g/mol. The number of halogens is 1. The van der Waals surface area contributed by atoms with Crippen molar-refractivity contribution in [1.82, 2.24) is 9.66 Å². The fourth-order valence-electron chi connectivity index (χ4n) is 2.82. The van der Waals surface area contributed by atoms with Crippen LogP contribution in [0.15, 0.2) is 82.7 Å². The molecule has 4 aromatic rings. The van der Waals surface area contributed by atoms with Crippen molar-refractivity contribution in [3.05, 3.63) is 100 Å². The lowest BCUT2D eigenvalue weighted by molar-refractivity contribution is 0.628. The van der Waals surface area contributed by atoms with E-state index >= 15 is 0 Å². The molecule has 0 saturated carbocycles. The second kappa shape index (κ2) is 6.96. The summed E-state index contributed by atoms with van der Waals surface area (Å²) >= 11 is 0. The van der Waals surface area contributed by atoms with Crippen LogP contribution in [0, 0.1) is 12.7 Å². The number of aryl methyl sites for hydroxylation is 1. The van der Waals surface area contributed by atoms with Gasteiger partial charge in [0.15, 0.2) is 5.82 Å². The van der Waals surface area contributed by atoms with Gasteiger partial charge in [-0.3, -0.25) is 4.79 Å². The first-order valence-corrected chi connectivity index (χ1v) is 8.50. The molecule has 0 aliphatic carbocycles. The van der Waals surface area contributed by atoms with Crippen molar-refractivity contribution in [1.29, 1.82) is 0 Å². The fourth-order valence-corrected chi connectivity index (χ4v) is 2.82. The van der Waals surface area contributed by atoms with Gasteiger partial charge in [0, 0.05) is 5.56 Å². The highest BCUT2D eigenvalue weighted by molar-refractivity contribution is 5.82. The molecule has 132 valence electrons. The molecule has 4 nitrogen and oxygen atoms in total. The van der Waals surface area contributed by atoms with E-state index in [2.05, 4.69) is 10.1 Å². The molecule has 0 N–H and O–H groups in total. The molecule has 0 aliphatic rings. The molecule has 0 unspecified atom stereocenters. The number of fused-ring (bicyclic) bond motifs is 1. The summed E-state index contributed by atoms with van der Waals surface area (Å²) in [4.78, 5) is 17.6.